The van der Waals surface area contributed by atoms with Crippen LogP contribution < -0.4 is 5.32 Å². The molecule has 0 spiro atoms. The zero-order valence-electron chi connectivity index (χ0n) is 12.3. The van der Waals surface area contributed by atoms with Crippen LogP contribution >= 0.6 is 11.3 Å². The first-order valence-corrected chi connectivity index (χ1v) is 8.63. The second kappa shape index (κ2) is 5.46. The van der Waals surface area contributed by atoms with Gasteiger partial charge >= 0.3 is 0 Å². The molecular weight excluding hydrogens is 280 g/mol. The van der Waals surface area contributed by atoms with E-state index in [0.717, 1.165) is 29.0 Å². The molecule has 0 saturated heterocycles. The molecule has 4 nitrogen and oxygen atoms in total. The summed E-state index contributed by atoms with van der Waals surface area (Å²) in [5.41, 5.74) is 2.39. The SMILES string of the molecule is Cc1cnc(-c2nc3c(s2)CCCC3CNC2CC2)nc1. The van der Waals surface area contributed by atoms with Crippen molar-refractivity contribution in [3.05, 3.63) is 28.5 Å². The van der Waals surface area contributed by atoms with Crippen molar-refractivity contribution >= 4 is 11.3 Å². The van der Waals surface area contributed by atoms with Gasteiger partial charge in [-0.2, -0.15) is 0 Å². The van der Waals surface area contributed by atoms with Crippen LogP contribution in [0.3, 0.4) is 0 Å². The first kappa shape index (κ1) is 13.3. The maximum atomic E-state index is 4.88. The number of aromatic nitrogens is 3. The van der Waals surface area contributed by atoms with E-state index in [0.29, 0.717) is 5.92 Å². The third kappa shape index (κ3) is 2.85. The number of nitrogens with zero attached hydrogens (tertiary/aromatic N) is 3. The van der Waals surface area contributed by atoms with Crippen LogP contribution in [0.2, 0.25) is 0 Å². The Morgan fingerprint density at radius 1 is 1.24 bits per heavy atom. The molecular formula is C16H20N4S. The van der Waals surface area contributed by atoms with Crippen LogP contribution in [-0.2, 0) is 6.42 Å². The minimum atomic E-state index is 0.574. The number of hydrogen-bond acceptors (Lipinski definition) is 5. The summed E-state index contributed by atoms with van der Waals surface area (Å²) in [6.45, 7) is 3.09. The second-order valence-electron chi connectivity index (χ2n) is 6.18. The van der Waals surface area contributed by atoms with Crippen LogP contribution in [-0.4, -0.2) is 27.5 Å². The molecule has 5 heteroatoms. The molecule has 21 heavy (non-hydrogen) atoms. The minimum Gasteiger partial charge on any atom is -0.313 e. The van der Waals surface area contributed by atoms with Gasteiger partial charge < -0.3 is 5.32 Å². The zero-order valence-corrected chi connectivity index (χ0v) is 13.1. The van der Waals surface area contributed by atoms with E-state index in [1.165, 1.54) is 42.7 Å². The van der Waals surface area contributed by atoms with E-state index >= 15 is 0 Å². The number of rotatable bonds is 4. The summed E-state index contributed by atoms with van der Waals surface area (Å²) in [4.78, 5) is 15.2. The van der Waals surface area contributed by atoms with Gasteiger partial charge in [0.05, 0.1) is 5.69 Å². The summed E-state index contributed by atoms with van der Waals surface area (Å²) in [5, 5.41) is 4.64. The van der Waals surface area contributed by atoms with E-state index in [-0.39, 0.29) is 0 Å². The van der Waals surface area contributed by atoms with Crippen molar-refractivity contribution in [2.24, 2.45) is 0 Å². The molecule has 110 valence electrons. The molecule has 0 radical (unpaired) electrons. The Bertz CT molecular complexity index is 630. The Hall–Kier alpha value is -1.33. The number of aryl methyl sites for hydroxylation is 2. The molecule has 0 aliphatic heterocycles. The molecule has 2 aliphatic carbocycles. The average Bonchev–Trinajstić information content (AvgIpc) is 3.22. The third-order valence-electron chi connectivity index (χ3n) is 4.27. The zero-order chi connectivity index (χ0) is 14.2. The van der Waals surface area contributed by atoms with Gasteiger partial charge in [-0.3, -0.25) is 0 Å². The van der Waals surface area contributed by atoms with Gasteiger partial charge in [0.2, 0.25) is 0 Å². The Morgan fingerprint density at radius 3 is 2.81 bits per heavy atom. The standard InChI is InChI=1S/C16H20N4S/c1-10-7-18-15(19-8-10)16-20-14-11(9-17-12-5-6-12)3-2-4-13(14)21-16/h7-8,11-12,17H,2-6,9H2,1H3. The van der Waals surface area contributed by atoms with Gasteiger partial charge in [-0.15, -0.1) is 11.3 Å². The summed E-state index contributed by atoms with van der Waals surface area (Å²) in [7, 11) is 0. The Balaban J connectivity index is 1.58. The number of hydrogen-bond donors (Lipinski definition) is 1. The lowest BCUT2D eigenvalue weighted by Crippen LogP contribution is -2.25. The fourth-order valence-electron chi connectivity index (χ4n) is 2.90. The Morgan fingerprint density at radius 2 is 2.05 bits per heavy atom. The molecule has 1 fully saturated rings. The highest BCUT2D eigenvalue weighted by molar-refractivity contribution is 7.15. The minimum absolute atomic E-state index is 0.574. The first-order chi connectivity index (χ1) is 10.3. The van der Waals surface area contributed by atoms with E-state index < -0.39 is 0 Å². The molecule has 2 aromatic heterocycles. The molecule has 2 heterocycles. The van der Waals surface area contributed by atoms with Crippen molar-refractivity contribution in [2.75, 3.05) is 6.54 Å². The van der Waals surface area contributed by atoms with Crippen LogP contribution in [0, 0.1) is 6.92 Å². The summed E-state index contributed by atoms with van der Waals surface area (Å²) >= 11 is 1.78. The van der Waals surface area contributed by atoms with Gasteiger partial charge in [0.25, 0.3) is 0 Å². The number of fused-ring (bicyclic) bond motifs is 1. The monoisotopic (exact) mass is 300 g/mol. The summed E-state index contributed by atoms with van der Waals surface area (Å²) in [6.07, 6.45) is 10.1. The van der Waals surface area contributed by atoms with E-state index in [2.05, 4.69) is 15.3 Å². The van der Waals surface area contributed by atoms with Crippen molar-refractivity contribution in [2.45, 2.75) is 51.0 Å². The van der Waals surface area contributed by atoms with E-state index in [4.69, 9.17) is 4.98 Å². The molecule has 1 unspecified atom stereocenters. The van der Waals surface area contributed by atoms with Crippen LogP contribution in [0.5, 0.6) is 0 Å². The van der Waals surface area contributed by atoms with Crippen molar-refractivity contribution in [3.8, 4) is 10.8 Å². The lowest BCUT2D eigenvalue weighted by molar-refractivity contribution is 0.500. The van der Waals surface area contributed by atoms with Crippen LogP contribution in [0.25, 0.3) is 10.8 Å². The van der Waals surface area contributed by atoms with Crippen molar-refractivity contribution in [3.63, 3.8) is 0 Å². The molecule has 2 aromatic rings. The van der Waals surface area contributed by atoms with E-state index in [9.17, 15) is 0 Å². The van der Waals surface area contributed by atoms with Gasteiger partial charge in [0, 0.05) is 35.8 Å². The largest absolute Gasteiger partial charge is 0.313 e. The average molecular weight is 300 g/mol. The van der Waals surface area contributed by atoms with Crippen LogP contribution in [0.4, 0.5) is 0 Å². The molecule has 0 amide bonds. The number of nitrogens with one attached hydrogen (secondary N) is 1. The van der Waals surface area contributed by atoms with Crippen LogP contribution in [0.1, 0.15) is 47.7 Å². The highest BCUT2D eigenvalue weighted by atomic mass is 32.1. The first-order valence-electron chi connectivity index (χ1n) is 7.81. The van der Waals surface area contributed by atoms with Crippen molar-refractivity contribution < 1.29 is 0 Å². The van der Waals surface area contributed by atoms with Crippen LogP contribution in [0.15, 0.2) is 12.4 Å². The van der Waals surface area contributed by atoms with E-state index in [1.54, 1.807) is 11.3 Å². The van der Waals surface area contributed by atoms with Gasteiger partial charge in [-0.25, -0.2) is 15.0 Å². The van der Waals surface area contributed by atoms with Gasteiger partial charge in [-0.1, -0.05) is 0 Å². The van der Waals surface area contributed by atoms with E-state index in [1.807, 2.05) is 19.3 Å². The van der Waals surface area contributed by atoms with Crippen molar-refractivity contribution in [1.82, 2.24) is 20.3 Å². The topological polar surface area (TPSA) is 50.7 Å². The lowest BCUT2D eigenvalue weighted by Gasteiger charge is -2.21. The summed E-state index contributed by atoms with van der Waals surface area (Å²) in [5.74, 6) is 1.35. The smallest absolute Gasteiger partial charge is 0.188 e. The molecule has 1 saturated carbocycles. The molecule has 0 aromatic carbocycles. The fourth-order valence-corrected chi connectivity index (χ4v) is 4.04. The second-order valence-corrected chi connectivity index (χ2v) is 7.27. The summed E-state index contributed by atoms with van der Waals surface area (Å²) in [6, 6.07) is 0.772. The highest BCUT2D eigenvalue weighted by Gasteiger charge is 2.28. The summed E-state index contributed by atoms with van der Waals surface area (Å²) < 4.78 is 0. The van der Waals surface area contributed by atoms with Gasteiger partial charge in [-0.05, 0) is 44.6 Å². The molecule has 1 N–H and O–H groups in total. The predicted molar refractivity (Wildman–Crippen MR) is 84.6 cm³/mol. The quantitative estimate of drug-likeness (QED) is 0.943. The highest BCUT2D eigenvalue weighted by Crippen LogP contribution is 2.37. The third-order valence-corrected chi connectivity index (χ3v) is 5.40. The predicted octanol–water partition coefficient (Wildman–Crippen LogP) is 3.08. The maximum absolute atomic E-state index is 4.88. The molecule has 4 rings (SSSR count). The Kier molecular flexibility index (Phi) is 3.47. The van der Waals surface area contributed by atoms with Gasteiger partial charge in [0.1, 0.15) is 0 Å². The normalized spacial score (nSPS) is 21.3. The van der Waals surface area contributed by atoms with Gasteiger partial charge in [0.15, 0.2) is 10.8 Å². The number of thiazole rings is 1. The molecule has 2 aliphatic rings. The molecule has 0 bridgehead atoms. The Labute approximate surface area is 129 Å². The maximum Gasteiger partial charge on any atom is 0.188 e. The molecule has 1 atom stereocenters. The fraction of sp³-hybridized carbons (Fsp3) is 0.562. The lowest BCUT2D eigenvalue weighted by atomic mass is 9.91. The van der Waals surface area contributed by atoms with Crippen molar-refractivity contribution in [1.29, 1.82) is 0 Å².